The molecule has 0 aromatic heterocycles. The number of aliphatic carboxylic acids is 1. The fraction of sp³-hybridized carbons (Fsp3) is 0.385. The van der Waals surface area contributed by atoms with Crippen molar-refractivity contribution in [2.75, 3.05) is 26.2 Å². The summed E-state index contributed by atoms with van der Waals surface area (Å²) in [6.45, 7) is 3.10. The second-order valence-corrected chi connectivity index (χ2v) is 4.22. The lowest BCUT2D eigenvalue weighted by Gasteiger charge is -2.26. The first-order valence-corrected chi connectivity index (χ1v) is 6.33. The molecular formula is C13H15F3N2O4. The molecule has 0 bridgehead atoms. The first-order valence-electron chi connectivity index (χ1n) is 6.33. The molecule has 0 unspecified atom stereocenters. The van der Waals surface area contributed by atoms with Gasteiger partial charge in [0.1, 0.15) is 5.75 Å². The molecule has 6 nitrogen and oxygen atoms in total. The standard InChI is InChI=1S/C11H14N2O2.C2HF3O2/c14-11(13-8-6-12-7-9-13)15-10-4-2-1-3-5-10;3-2(4,5)1(6)7/h1-5,12H,6-9H2;(H,6,7). The molecule has 0 radical (unpaired) electrons. The smallest absolute Gasteiger partial charge is 0.475 e. The SMILES string of the molecule is O=C(O)C(F)(F)F.O=C(Oc1ccccc1)N1CCNCC1. The zero-order chi connectivity index (χ0) is 16.6. The summed E-state index contributed by atoms with van der Waals surface area (Å²) >= 11 is 0. The second kappa shape index (κ2) is 8.23. The molecule has 0 aliphatic carbocycles. The summed E-state index contributed by atoms with van der Waals surface area (Å²) in [6.07, 6.45) is -5.34. The summed E-state index contributed by atoms with van der Waals surface area (Å²) in [7, 11) is 0. The summed E-state index contributed by atoms with van der Waals surface area (Å²) in [5, 5.41) is 10.3. The molecule has 0 atom stereocenters. The Balaban J connectivity index is 0.000000295. The first kappa shape index (κ1) is 17.8. The molecule has 122 valence electrons. The number of hydrogen-bond donors (Lipinski definition) is 2. The van der Waals surface area contributed by atoms with Gasteiger partial charge in [-0.3, -0.25) is 0 Å². The maximum absolute atomic E-state index is 11.6. The Morgan fingerprint density at radius 2 is 1.64 bits per heavy atom. The van der Waals surface area contributed by atoms with Gasteiger partial charge >= 0.3 is 18.2 Å². The quantitative estimate of drug-likeness (QED) is 0.824. The number of benzene rings is 1. The number of alkyl halides is 3. The van der Waals surface area contributed by atoms with E-state index in [0.29, 0.717) is 18.8 Å². The van der Waals surface area contributed by atoms with Crippen LogP contribution in [0.2, 0.25) is 0 Å². The van der Waals surface area contributed by atoms with Crippen molar-refractivity contribution in [2.45, 2.75) is 6.18 Å². The molecule has 1 amide bonds. The Morgan fingerprint density at radius 1 is 1.14 bits per heavy atom. The minimum Gasteiger partial charge on any atom is -0.475 e. The number of amides is 1. The van der Waals surface area contributed by atoms with Crippen LogP contribution < -0.4 is 10.1 Å². The normalized spacial score (nSPS) is 14.6. The third kappa shape index (κ3) is 6.44. The number of carboxylic acids is 1. The maximum Gasteiger partial charge on any atom is 0.490 e. The highest BCUT2D eigenvalue weighted by atomic mass is 19.4. The average molecular weight is 320 g/mol. The molecule has 0 saturated carbocycles. The van der Waals surface area contributed by atoms with Crippen molar-refractivity contribution in [3.8, 4) is 5.75 Å². The minimum absolute atomic E-state index is 0.261. The van der Waals surface area contributed by atoms with Crippen LogP contribution in [0, 0.1) is 0 Å². The van der Waals surface area contributed by atoms with Gasteiger partial charge in [-0.2, -0.15) is 13.2 Å². The van der Waals surface area contributed by atoms with Gasteiger partial charge in [-0.25, -0.2) is 9.59 Å². The summed E-state index contributed by atoms with van der Waals surface area (Å²) in [6, 6.07) is 9.14. The highest BCUT2D eigenvalue weighted by molar-refractivity contribution is 5.73. The van der Waals surface area contributed by atoms with Crippen LogP contribution in [0.1, 0.15) is 0 Å². The van der Waals surface area contributed by atoms with Crippen molar-refractivity contribution in [2.24, 2.45) is 0 Å². The molecule has 1 aromatic carbocycles. The van der Waals surface area contributed by atoms with Crippen LogP contribution in [0.5, 0.6) is 5.75 Å². The number of halogens is 3. The van der Waals surface area contributed by atoms with Gasteiger partial charge in [0.05, 0.1) is 0 Å². The average Bonchev–Trinajstić information content (AvgIpc) is 2.49. The number of hydrogen-bond acceptors (Lipinski definition) is 4. The van der Waals surface area contributed by atoms with Crippen molar-refractivity contribution >= 4 is 12.1 Å². The van der Waals surface area contributed by atoms with Crippen LogP contribution in [0.25, 0.3) is 0 Å². The lowest BCUT2D eigenvalue weighted by atomic mass is 10.3. The Bertz CT molecular complexity index is 488. The number of nitrogens with zero attached hydrogens (tertiary/aromatic N) is 1. The highest BCUT2D eigenvalue weighted by Crippen LogP contribution is 2.13. The van der Waals surface area contributed by atoms with Gasteiger partial charge in [-0.15, -0.1) is 0 Å². The highest BCUT2D eigenvalue weighted by Gasteiger charge is 2.38. The van der Waals surface area contributed by atoms with Gasteiger partial charge in [-0.1, -0.05) is 18.2 Å². The Hall–Kier alpha value is -2.29. The van der Waals surface area contributed by atoms with E-state index in [-0.39, 0.29) is 6.09 Å². The molecule has 9 heteroatoms. The van der Waals surface area contributed by atoms with Gasteiger partial charge in [-0.05, 0) is 12.1 Å². The van der Waals surface area contributed by atoms with Crippen molar-refractivity contribution in [3.63, 3.8) is 0 Å². The summed E-state index contributed by atoms with van der Waals surface area (Å²) in [4.78, 5) is 22.3. The zero-order valence-electron chi connectivity index (χ0n) is 11.5. The third-order valence-electron chi connectivity index (χ3n) is 2.57. The fourth-order valence-corrected chi connectivity index (χ4v) is 1.50. The number of carbonyl (C=O) groups excluding carboxylic acids is 1. The Labute approximate surface area is 124 Å². The van der Waals surface area contributed by atoms with Crippen LogP contribution in [0.15, 0.2) is 30.3 Å². The van der Waals surface area contributed by atoms with E-state index in [4.69, 9.17) is 14.6 Å². The number of ether oxygens (including phenoxy) is 1. The number of carboxylic acid groups (broad SMARTS) is 1. The Kier molecular flexibility index (Phi) is 6.64. The predicted molar refractivity (Wildman–Crippen MR) is 70.6 cm³/mol. The van der Waals surface area contributed by atoms with Gasteiger partial charge in [0.25, 0.3) is 0 Å². The third-order valence-corrected chi connectivity index (χ3v) is 2.57. The van der Waals surface area contributed by atoms with Gasteiger partial charge in [0.15, 0.2) is 0 Å². The van der Waals surface area contributed by atoms with Crippen LogP contribution in [0.3, 0.4) is 0 Å². The minimum atomic E-state index is -5.08. The number of piperazine rings is 1. The number of para-hydroxylation sites is 1. The van der Waals surface area contributed by atoms with Crippen LogP contribution in [-0.2, 0) is 4.79 Å². The molecule has 1 aromatic rings. The summed E-state index contributed by atoms with van der Waals surface area (Å²) < 4.78 is 36.9. The predicted octanol–water partition coefficient (Wildman–Crippen LogP) is 1.72. The van der Waals surface area contributed by atoms with E-state index >= 15 is 0 Å². The van der Waals surface area contributed by atoms with Crippen molar-refractivity contribution in [1.82, 2.24) is 10.2 Å². The van der Waals surface area contributed by atoms with E-state index in [2.05, 4.69) is 5.32 Å². The monoisotopic (exact) mass is 320 g/mol. The molecule has 1 aliphatic rings. The van der Waals surface area contributed by atoms with Crippen molar-refractivity contribution in [1.29, 1.82) is 0 Å². The molecule has 2 N–H and O–H groups in total. The molecule has 1 heterocycles. The van der Waals surface area contributed by atoms with E-state index < -0.39 is 12.1 Å². The molecule has 2 rings (SSSR count). The van der Waals surface area contributed by atoms with Crippen LogP contribution in [0.4, 0.5) is 18.0 Å². The Morgan fingerprint density at radius 3 is 2.09 bits per heavy atom. The number of rotatable bonds is 1. The van der Waals surface area contributed by atoms with E-state index in [1.165, 1.54) is 0 Å². The van der Waals surface area contributed by atoms with Crippen molar-refractivity contribution < 1.29 is 32.6 Å². The fourth-order valence-electron chi connectivity index (χ4n) is 1.50. The van der Waals surface area contributed by atoms with Crippen LogP contribution in [-0.4, -0.2) is 54.4 Å². The second-order valence-electron chi connectivity index (χ2n) is 4.22. The number of nitrogens with one attached hydrogen (secondary N) is 1. The maximum atomic E-state index is 11.6. The summed E-state index contributed by atoms with van der Waals surface area (Å²) in [5.74, 6) is -2.16. The lowest BCUT2D eigenvalue weighted by molar-refractivity contribution is -0.192. The van der Waals surface area contributed by atoms with Gasteiger partial charge in [0, 0.05) is 26.2 Å². The van der Waals surface area contributed by atoms with E-state index in [1.807, 2.05) is 18.2 Å². The van der Waals surface area contributed by atoms with Gasteiger partial charge < -0.3 is 20.1 Å². The topological polar surface area (TPSA) is 78.9 Å². The van der Waals surface area contributed by atoms with E-state index in [9.17, 15) is 18.0 Å². The molecule has 22 heavy (non-hydrogen) atoms. The molecule has 1 saturated heterocycles. The molecule has 0 spiro atoms. The zero-order valence-corrected chi connectivity index (χ0v) is 11.5. The van der Waals surface area contributed by atoms with Crippen LogP contribution >= 0.6 is 0 Å². The molecular weight excluding hydrogens is 305 g/mol. The van der Waals surface area contributed by atoms with Gasteiger partial charge in [0.2, 0.25) is 0 Å². The summed E-state index contributed by atoms with van der Waals surface area (Å²) in [5.41, 5.74) is 0. The van der Waals surface area contributed by atoms with E-state index in [1.54, 1.807) is 17.0 Å². The number of carbonyl (C=O) groups is 2. The molecule has 1 aliphatic heterocycles. The first-order chi connectivity index (χ1) is 10.3. The largest absolute Gasteiger partial charge is 0.490 e. The molecule has 1 fully saturated rings. The lowest BCUT2D eigenvalue weighted by Crippen LogP contribution is -2.47. The van der Waals surface area contributed by atoms with E-state index in [0.717, 1.165) is 13.1 Å². The van der Waals surface area contributed by atoms with Crippen molar-refractivity contribution in [3.05, 3.63) is 30.3 Å².